The van der Waals surface area contributed by atoms with Crippen molar-refractivity contribution in [2.75, 3.05) is 53.7 Å². The van der Waals surface area contributed by atoms with E-state index in [1.165, 1.54) is 0 Å². The molecule has 1 aliphatic heterocycles. The summed E-state index contributed by atoms with van der Waals surface area (Å²) in [5, 5.41) is 1.27. The number of halogens is 1. The van der Waals surface area contributed by atoms with Crippen LogP contribution in [-0.4, -0.2) is 63.6 Å². The molecule has 0 bridgehead atoms. The van der Waals surface area contributed by atoms with E-state index in [2.05, 4.69) is 9.88 Å². The molecule has 0 amide bonds. The Bertz CT molecular complexity index is 1150. The Labute approximate surface area is 200 Å². The lowest BCUT2D eigenvalue weighted by Gasteiger charge is -2.26. The van der Waals surface area contributed by atoms with Crippen LogP contribution in [0.4, 0.5) is 0 Å². The van der Waals surface area contributed by atoms with Crippen molar-refractivity contribution in [3.63, 3.8) is 0 Å². The standard InChI is InChI=1S/C25H30N2O5.ClH/c1-16-11-18(12-17(2)24(16)32-10-7-27-5-8-31-9-6-27)21-14-19-13-20(29-3)15-22(30-4)23(19)25(28)26-21;/h11-15H,5-10H2,1-4H3,(H,26,28);1H. The Morgan fingerprint density at radius 2 is 1.70 bits per heavy atom. The number of H-pyrrole nitrogens is 1. The summed E-state index contributed by atoms with van der Waals surface area (Å²) in [5.41, 5.74) is 3.54. The summed E-state index contributed by atoms with van der Waals surface area (Å²) >= 11 is 0. The molecule has 0 aliphatic carbocycles. The minimum Gasteiger partial charge on any atom is -0.497 e. The summed E-state index contributed by atoms with van der Waals surface area (Å²) in [6.45, 7) is 9.05. The number of benzene rings is 2. The highest BCUT2D eigenvalue weighted by Gasteiger charge is 2.15. The fourth-order valence-corrected chi connectivity index (χ4v) is 4.21. The molecule has 0 unspecified atom stereocenters. The summed E-state index contributed by atoms with van der Waals surface area (Å²) < 4.78 is 22.3. The molecule has 1 aliphatic rings. The van der Waals surface area contributed by atoms with E-state index in [0.29, 0.717) is 23.5 Å². The number of aryl methyl sites for hydroxylation is 2. The molecule has 2 aromatic carbocycles. The maximum Gasteiger partial charge on any atom is 0.260 e. The first kappa shape index (κ1) is 24.9. The van der Waals surface area contributed by atoms with Crippen LogP contribution in [0.3, 0.4) is 0 Å². The van der Waals surface area contributed by atoms with Gasteiger partial charge < -0.3 is 23.9 Å². The van der Waals surface area contributed by atoms with Gasteiger partial charge in [-0.05, 0) is 60.2 Å². The molecule has 1 saturated heterocycles. The van der Waals surface area contributed by atoms with Gasteiger partial charge in [0, 0.05) is 31.4 Å². The van der Waals surface area contributed by atoms with Gasteiger partial charge in [0.15, 0.2) is 0 Å². The third-order valence-corrected chi connectivity index (χ3v) is 5.87. The number of fused-ring (bicyclic) bond motifs is 1. The van der Waals surface area contributed by atoms with E-state index in [9.17, 15) is 4.79 Å². The second-order valence-electron chi connectivity index (χ2n) is 8.05. The topological polar surface area (TPSA) is 73.0 Å². The number of pyridine rings is 1. The Kier molecular flexibility index (Phi) is 8.24. The van der Waals surface area contributed by atoms with E-state index in [-0.39, 0.29) is 18.0 Å². The van der Waals surface area contributed by atoms with Gasteiger partial charge >= 0.3 is 0 Å². The van der Waals surface area contributed by atoms with Crippen LogP contribution in [-0.2, 0) is 4.74 Å². The molecule has 1 fully saturated rings. The molecule has 8 heteroatoms. The number of rotatable bonds is 7. The van der Waals surface area contributed by atoms with Crippen molar-refractivity contribution in [1.29, 1.82) is 0 Å². The quantitative estimate of drug-likeness (QED) is 0.558. The number of hydrogen-bond acceptors (Lipinski definition) is 6. The van der Waals surface area contributed by atoms with Crippen molar-refractivity contribution >= 4 is 23.2 Å². The highest BCUT2D eigenvalue weighted by molar-refractivity contribution is 5.91. The summed E-state index contributed by atoms with van der Waals surface area (Å²) in [7, 11) is 3.14. The predicted molar refractivity (Wildman–Crippen MR) is 133 cm³/mol. The number of aromatic nitrogens is 1. The van der Waals surface area contributed by atoms with Gasteiger partial charge in [-0.15, -0.1) is 12.4 Å². The Balaban J connectivity index is 0.00000306. The van der Waals surface area contributed by atoms with Crippen LogP contribution < -0.4 is 19.8 Å². The monoisotopic (exact) mass is 474 g/mol. The van der Waals surface area contributed by atoms with Gasteiger partial charge in [0.2, 0.25) is 0 Å². The molecule has 178 valence electrons. The van der Waals surface area contributed by atoms with Crippen LogP contribution in [0.5, 0.6) is 17.2 Å². The molecule has 1 N–H and O–H groups in total. The molecule has 2 heterocycles. The molecule has 7 nitrogen and oxygen atoms in total. The van der Waals surface area contributed by atoms with Gasteiger partial charge in [-0.1, -0.05) is 0 Å². The van der Waals surface area contributed by atoms with E-state index < -0.39 is 0 Å². The maximum absolute atomic E-state index is 12.9. The molecule has 0 atom stereocenters. The second-order valence-corrected chi connectivity index (χ2v) is 8.05. The van der Waals surface area contributed by atoms with Crippen LogP contribution >= 0.6 is 12.4 Å². The van der Waals surface area contributed by atoms with E-state index >= 15 is 0 Å². The van der Waals surface area contributed by atoms with E-state index in [4.69, 9.17) is 18.9 Å². The summed E-state index contributed by atoms with van der Waals surface area (Å²) in [6.07, 6.45) is 0. The fourth-order valence-electron chi connectivity index (χ4n) is 4.21. The van der Waals surface area contributed by atoms with Crippen molar-refractivity contribution < 1.29 is 18.9 Å². The molecule has 4 rings (SSSR count). The third kappa shape index (κ3) is 5.43. The van der Waals surface area contributed by atoms with Gasteiger partial charge in [0.25, 0.3) is 5.56 Å². The van der Waals surface area contributed by atoms with Crippen LogP contribution in [0.1, 0.15) is 11.1 Å². The number of ether oxygens (including phenoxy) is 4. The van der Waals surface area contributed by atoms with Crippen molar-refractivity contribution in [3.8, 4) is 28.5 Å². The molecule has 3 aromatic rings. The van der Waals surface area contributed by atoms with Crippen LogP contribution in [0.2, 0.25) is 0 Å². The second kappa shape index (κ2) is 10.9. The number of hydrogen-bond donors (Lipinski definition) is 1. The van der Waals surface area contributed by atoms with E-state index in [1.54, 1.807) is 20.3 Å². The largest absolute Gasteiger partial charge is 0.497 e. The number of morpholine rings is 1. The van der Waals surface area contributed by atoms with Gasteiger partial charge in [-0.2, -0.15) is 0 Å². The fraction of sp³-hybridized carbons (Fsp3) is 0.400. The van der Waals surface area contributed by atoms with Gasteiger partial charge in [-0.25, -0.2) is 0 Å². The molecule has 0 radical (unpaired) electrons. The zero-order chi connectivity index (χ0) is 22.7. The van der Waals surface area contributed by atoms with Gasteiger partial charge in [0.1, 0.15) is 23.9 Å². The number of nitrogens with one attached hydrogen (secondary N) is 1. The van der Waals surface area contributed by atoms with E-state index in [1.807, 2.05) is 38.1 Å². The van der Waals surface area contributed by atoms with Crippen molar-refractivity contribution in [3.05, 3.63) is 51.8 Å². The smallest absolute Gasteiger partial charge is 0.260 e. The number of aromatic amines is 1. The first-order chi connectivity index (χ1) is 15.5. The lowest BCUT2D eigenvalue weighted by atomic mass is 10.0. The molecule has 0 saturated carbocycles. The Morgan fingerprint density at radius 3 is 2.33 bits per heavy atom. The molecular formula is C25H31ClN2O5. The van der Waals surface area contributed by atoms with Crippen LogP contribution in [0.25, 0.3) is 22.0 Å². The average Bonchev–Trinajstić information content (AvgIpc) is 2.80. The number of nitrogens with zero attached hydrogens (tertiary/aromatic N) is 1. The summed E-state index contributed by atoms with van der Waals surface area (Å²) in [4.78, 5) is 18.2. The van der Waals surface area contributed by atoms with Crippen molar-refractivity contribution in [2.24, 2.45) is 0 Å². The summed E-state index contributed by atoms with van der Waals surface area (Å²) in [5.74, 6) is 2.03. The molecule has 1 aromatic heterocycles. The third-order valence-electron chi connectivity index (χ3n) is 5.87. The minimum atomic E-state index is -0.196. The lowest BCUT2D eigenvalue weighted by Crippen LogP contribution is -2.38. The average molecular weight is 475 g/mol. The van der Waals surface area contributed by atoms with Gasteiger partial charge in [-0.3, -0.25) is 9.69 Å². The lowest BCUT2D eigenvalue weighted by molar-refractivity contribution is 0.0322. The van der Waals surface area contributed by atoms with Gasteiger partial charge in [0.05, 0.1) is 32.8 Å². The first-order valence-corrected chi connectivity index (χ1v) is 10.8. The minimum absolute atomic E-state index is 0. The SMILES string of the molecule is COc1cc(OC)c2c(=O)[nH]c(-c3cc(C)c(OCCN4CCOCC4)c(C)c3)cc2c1.Cl. The Hall–Kier alpha value is -2.74. The molecular weight excluding hydrogens is 444 g/mol. The van der Waals surface area contributed by atoms with Crippen molar-refractivity contribution in [2.45, 2.75) is 13.8 Å². The zero-order valence-corrected chi connectivity index (χ0v) is 20.3. The highest BCUT2D eigenvalue weighted by Crippen LogP contribution is 2.33. The van der Waals surface area contributed by atoms with Crippen molar-refractivity contribution in [1.82, 2.24) is 9.88 Å². The predicted octanol–water partition coefficient (Wildman–Crippen LogP) is 3.96. The molecule has 33 heavy (non-hydrogen) atoms. The normalized spacial score (nSPS) is 14.1. The van der Waals surface area contributed by atoms with Crippen LogP contribution in [0, 0.1) is 13.8 Å². The number of methoxy groups -OCH3 is 2. The molecule has 0 spiro atoms. The first-order valence-electron chi connectivity index (χ1n) is 10.8. The Morgan fingerprint density at radius 1 is 1.00 bits per heavy atom. The van der Waals surface area contributed by atoms with Crippen LogP contribution in [0.15, 0.2) is 35.1 Å². The highest BCUT2D eigenvalue weighted by atomic mass is 35.5. The summed E-state index contributed by atoms with van der Waals surface area (Å²) in [6, 6.07) is 9.61. The maximum atomic E-state index is 12.9. The zero-order valence-electron chi connectivity index (χ0n) is 19.5. The van der Waals surface area contributed by atoms with E-state index in [0.717, 1.165) is 66.4 Å².